The summed E-state index contributed by atoms with van der Waals surface area (Å²) in [6, 6.07) is 8.93. The zero-order valence-electron chi connectivity index (χ0n) is 13.1. The normalized spacial score (nSPS) is 11.1. The molecule has 1 aromatic carbocycles. The van der Waals surface area contributed by atoms with Gasteiger partial charge in [-0.25, -0.2) is 0 Å². The van der Waals surface area contributed by atoms with Crippen molar-refractivity contribution in [1.29, 1.82) is 0 Å². The third-order valence-corrected chi connectivity index (χ3v) is 3.40. The van der Waals surface area contributed by atoms with E-state index in [4.69, 9.17) is 0 Å². The predicted molar refractivity (Wildman–Crippen MR) is 83.4 cm³/mol. The molecule has 0 fully saturated rings. The maximum Gasteiger partial charge on any atom is 0.221 e. The maximum atomic E-state index is 11.6. The van der Waals surface area contributed by atoms with E-state index in [0.29, 0.717) is 25.6 Å². The third-order valence-electron chi connectivity index (χ3n) is 3.40. The molecule has 1 rings (SSSR count). The summed E-state index contributed by atoms with van der Waals surface area (Å²) in [6.45, 7) is 6.61. The smallest absolute Gasteiger partial charge is 0.221 e. The Morgan fingerprint density at radius 3 is 2.65 bits per heavy atom. The molecule has 4 heteroatoms. The Labute approximate surface area is 122 Å². The maximum absolute atomic E-state index is 11.6. The van der Waals surface area contributed by atoms with E-state index in [1.54, 1.807) is 0 Å². The Morgan fingerprint density at radius 1 is 1.30 bits per heavy atom. The molecule has 20 heavy (non-hydrogen) atoms. The van der Waals surface area contributed by atoms with Crippen LogP contribution in [0.5, 0.6) is 0 Å². The fraction of sp³-hybridized carbons (Fsp3) is 0.562. The molecule has 0 aromatic heterocycles. The second-order valence-electron chi connectivity index (χ2n) is 5.46. The first-order valence-electron chi connectivity index (χ1n) is 7.22. The van der Waals surface area contributed by atoms with Crippen molar-refractivity contribution >= 4 is 5.91 Å². The van der Waals surface area contributed by atoms with Crippen molar-refractivity contribution in [1.82, 2.24) is 15.5 Å². The van der Waals surface area contributed by atoms with Gasteiger partial charge in [0, 0.05) is 32.1 Å². The van der Waals surface area contributed by atoms with Crippen LogP contribution in [0.25, 0.3) is 0 Å². The summed E-state index contributed by atoms with van der Waals surface area (Å²) >= 11 is 0. The van der Waals surface area contributed by atoms with Crippen molar-refractivity contribution in [2.45, 2.75) is 39.4 Å². The molecule has 0 bridgehead atoms. The standard InChI is InChI=1S/C16H27N3O/c1-13(2)19(4)12-15-7-5-6-14(10-15)11-18-16(20)8-9-17-3/h5-7,10,13,17H,8-9,11-12H2,1-4H3,(H,18,20). The largest absolute Gasteiger partial charge is 0.352 e. The fourth-order valence-electron chi connectivity index (χ4n) is 1.84. The Morgan fingerprint density at radius 2 is 2.00 bits per heavy atom. The molecule has 0 aliphatic carbocycles. The SMILES string of the molecule is CNCCC(=O)NCc1cccc(CN(C)C(C)C)c1. The van der Waals surface area contributed by atoms with Crippen LogP contribution in [0.15, 0.2) is 24.3 Å². The number of benzene rings is 1. The monoisotopic (exact) mass is 277 g/mol. The Bertz CT molecular complexity index is 418. The molecule has 0 saturated carbocycles. The molecule has 0 saturated heterocycles. The van der Waals surface area contributed by atoms with Crippen molar-refractivity contribution in [3.05, 3.63) is 35.4 Å². The number of carbonyl (C=O) groups is 1. The minimum absolute atomic E-state index is 0.0871. The van der Waals surface area contributed by atoms with E-state index in [1.165, 1.54) is 5.56 Å². The van der Waals surface area contributed by atoms with Gasteiger partial charge >= 0.3 is 0 Å². The molecule has 0 heterocycles. The van der Waals surface area contributed by atoms with Crippen LogP contribution in [-0.2, 0) is 17.9 Å². The lowest BCUT2D eigenvalue weighted by Gasteiger charge is -2.21. The molecule has 0 radical (unpaired) electrons. The average molecular weight is 277 g/mol. The first-order chi connectivity index (χ1) is 9.52. The molecular formula is C16H27N3O. The summed E-state index contributed by atoms with van der Waals surface area (Å²) in [4.78, 5) is 13.9. The quantitative estimate of drug-likeness (QED) is 0.761. The first kappa shape index (κ1) is 16.7. The summed E-state index contributed by atoms with van der Waals surface area (Å²) in [6.07, 6.45) is 0.520. The van der Waals surface area contributed by atoms with E-state index in [9.17, 15) is 4.79 Å². The molecule has 0 aliphatic heterocycles. The highest BCUT2D eigenvalue weighted by Gasteiger charge is 2.05. The highest BCUT2D eigenvalue weighted by Crippen LogP contribution is 2.09. The summed E-state index contributed by atoms with van der Waals surface area (Å²) in [5.41, 5.74) is 2.43. The van der Waals surface area contributed by atoms with Crippen LogP contribution in [0.2, 0.25) is 0 Å². The van der Waals surface area contributed by atoms with Gasteiger partial charge in [-0.05, 0) is 39.1 Å². The summed E-state index contributed by atoms with van der Waals surface area (Å²) in [5.74, 6) is 0.0871. The van der Waals surface area contributed by atoms with E-state index in [-0.39, 0.29) is 5.91 Å². The molecule has 0 unspecified atom stereocenters. The second-order valence-corrected chi connectivity index (χ2v) is 5.46. The second kappa shape index (κ2) is 8.72. The molecule has 2 N–H and O–H groups in total. The van der Waals surface area contributed by atoms with Crippen molar-refractivity contribution < 1.29 is 4.79 Å². The number of hydrogen-bond donors (Lipinski definition) is 2. The van der Waals surface area contributed by atoms with E-state index < -0.39 is 0 Å². The summed E-state index contributed by atoms with van der Waals surface area (Å²) in [5, 5.41) is 5.92. The van der Waals surface area contributed by atoms with Crippen LogP contribution >= 0.6 is 0 Å². The molecule has 0 spiro atoms. The summed E-state index contributed by atoms with van der Waals surface area (Å²) < 4.78 is 0. The van der Waals surface area contributed by atoms with Crippen molar-refractivity contribution in [2.24, 2.45) is 0 Å². The van der Waals surface area contributed by atoms with E-state index in [1.807, 2.05) is 7.05 Å². The molecule has 1 aromatic rings. The van der Waals surface area contributed by atoms with Gasteiger partial charge in [-0.15, -0.1) is 0 Å². The number of rotatable bonds is 8. The lowest BCUT2D eigenvalue weighted by Crippen LogP contribution is -2.27. The van der Waals surface area contributed by atoms with Crippen LogP contribution in [0, 0.1) is 0 Å². The average Bonchev–Trinajstić information content (AvgIpc) is 2.43. The third kappa shape index (κ3) is 6.17. The minimum atomic E-state index is 0.0871. The highest BCUT2D eigenvalue weighted by molar-refractivity contribution is 5.76. The molecular weight excluding hydrogens is 250 g/mol. The molecule has 0 aliphatic rings. The molecule has 1 amide bonds. The lowest BCUT2D eigenvalue weighted by atomic mass is 10.1. The van der Waals surface area contributed by atoms with Gasteiger partial charge in [-0.2, -0.15) is 0 Å². The van der Waals surface area contributed by atoms with Gasteiger partial charge in [0.1, 0.15) is 0 Å². The van der Waals surface area contributed by atoms with Crippen LogP contribution in [0.4, 0.5) is 0 Å². The van der Waals surface area contributed by atoms with Gasteiger partial charge in [-0.3, -0.25) is 9.69 Å². The van der Waals surface area contributed by atoms with Crippen molar-refractivity contribution in [3.8, 4) is 0 Å². The molecule has 4 nitrogen and oxygen atoms in total. The van der Waals surface area contributed by atoms with Gasteiger partial charge in [0.15, 0.2) is 0 Å². The zero-order valence-corrected chi connectivity index (χ0v) is 13.1. The number of amides is 1. The number of hydrogen-bond acceptors (Lipinski definition) is 3. The lowest BCUT2D eigenvalue weighted by molar-refractivity contribution is -0.121. The van der Waals surface area contributed by atoms with E-state index in [0.717, 1.165) is 12.1 Å². The van der Waals surface area contributed by atoms with Crippen LogP contribution in [0.1, 0.15) is 31.4 Å². The predicted octanol–water partition coefficient (Wildman–Crippen LogP) is 1.75. The van der Waals surface area contributed by atoms with Crippen LogP contribution in [-0.4, -0.2) is 37.5 Å². The zero-order chi connectivity index (χ0) is 15.0. The van der Waals surface area contributed by atoms with Gasteiger partial charge in [0.25, 0.3) is 0 Å². The summed E-state index contributed by atoms with van der Waals surface area (Å²) in [7, 11) is 3.97. The van der Waals surface area contributed by atoms with E-state index >= 15 is 0 Å². The minimum Gasteiger partial charge on any atom is -0.352 e. The number of nitrogens with one attached hydrogen (secondary N) is 2. The number of carbonyl (C=O) groups excluding carboxylic acids is 1. The highest BCUT2D eigenvalue weighted by atomic mass is 16.1. The van der Waals surface area contributed by atoms with Crippen molar-refractivity contribution in [3.63, 3.8) is 0 Å². The van der Waals surface area contributed by atoms with Crippen molar-refractivity contribution in [2.75, 3.05) is 20.6 Å². The fourth-order valence-corrected chi connectivity index (χ4v) is 1.84. The van der Waals surface area contributed by atoms with Gasteiger partial charge < -0.3 is 10.6 Å². The van der Waals surface area contributed by atoms with Gasteiger partial charge in [0.2, 0.25) is 5.91 Å². The Hall–Kier alpha value is -1.39. The Balaban J connectivity index is 2.49. The topological polar surface area (TPSA) is 44.4 Å². The molecule has 0 atom stereocenters. The van der Waals surface area contributed by atoms with E-state index in [2.05, 4.69) is 60.7 Å². The number of nitrogens with zero attached hydrogens (tertiary/aromatic N) is 1. The first-order valence-corrected chi connectivity index (χ1v) is 7.22. The van der Waals surface area contributed by atoms with Crippen LogP contribution < -0.4 is 10.6 Å². The van der Waals surface area contributed by atoms with Gasteiger partial charge in [0.05, 0.1) is 0 Å². The van der Waals surface area contributed by atoms with Crippen LogP contribution in [0.3, 0.4) is 0 Å². The van der Waals surface area contributed by atoms with Gasteiger partial charge in [-0.1, -0.05) is 24.3 Å². The Kier molecular flexibility index (Phi) is 7.26. The molecule has 112 valence electrons.